The zero-order chi connectivity index (χ0) is 18.9. The van der Waals surface area contributed by atoms with Gasteiger partial charge in [-0.15, -0.1) is 10.2 Å². The van der Waals surface area contributed by atoms with Crippen LogP contribution in [0, 0.1) is 0 Å². The Kier molecular flexibility index (Phi) is 4.80. The van der Waals surface area contributed by atoms with E-state index < -0.39 is 0 Å². The van der Waals surface area contributed by atoms with Crippen LogP contribution in [0.3, 0.4) is 0 Å². The van der Waals surface area contributed by atoms with Gasteiger partial charge in [0.2, 0.25) is 5.91 Å². The third kappa shape index (κ3) is 3.92. The molecular formula is C19H25N5O2. The normalized spacial score (nSPS) is 12.1. The summed E-state index contributed by atoms with van der Waals surface area (Å²) < 4.78 is 7.63. The Morgan fingerprint density at radius 2 is 2.04 bits per heavy atom. The first-order valence-corrected chi connectivity index (χ1v) is 8.84. The van der Waals surface area contributed by atoms with Crippen molar-refractivity contribution in [3.63, 3.8) is 0 Å². The maximum absolute atomic E-state index is 12.3. The van der Waals surface area contributed by atoms with Gasteiger partial charge in [-0.25, -0.2) is 4.98 Å². The van der Waals surface area contributed by atoms with Gasteiger partial charge in [-0.2, -0.15) is 0 Å². The van der Waals surface area contributed by atoms with Gasteiger partial charge in [0.15, 0.2) is 11.5 Å². The SMILES string of the molecule is CC(C)c1nnc2ccc(NC(=O)CCc3ncc(C(C)(C)C)o3)cn12. The molecule has 0 aliphatic rings. The maximum Gasteiger partial charge on any atom is 0.224 e. The third-order valence-electron chi connectivity index (χ3n) is 4.09. The van der Waals surface area contributed by atoms with Crippen molar-refractivity contribution >= 4 is 17.2 Å². The summed E-state index contributed by atoms with van der Waals surface area (Å²) in [6.45, 7) is 10.3. The van der Waals surface area contributed by atoms with Crippen LogP contribution in [0.25, 0.3) is 5.65 Å². The Morgan fingerprint density at radius 3 is 2.69 bits per heavy atom. The molecule has 3 aromatic heterocycles. The van der Waals surface area contributed by atoms with E-state index in [0.29, 0.717) is 24.4 Å². The minimum Gasteiger partial charge on any atom is -0.445 e. The van der Waals surface area contributed by atoms with Gasteiger partial charge in [-0.05, 0) is 12.1 Å². The van der Waals surface area contributed by atoms with Crippen LogP contribution in [0.5, 0.6) is 0 Å². The largest absolute Gasteiger partial charge is 0.445 e. The first-order valence-electron chi connectivity index (χ1n) is 8.84. The number of oxazole rings is 1. The van der Waals surface area contributed by atoms with Crippen LogP contribution in [0.1, 0.15) is 64.4 Å². The number of nitrogens with zero attached hydrogens (tertiary/aromatic N) is 4. The highest BCUT2D eigenvalue weighted by Gasteiger charge is 2.19. The van der Waals surface area contributed by atoms with Crippen molar-refractivity contribution < 1.29 is 9.21 Å². The van der Waals surface area contributed by atoms with Gasteiger partial charge in [0.1, 0.15) is 11.6 Å². The fourth-order valence-corrected chi connectivity index (χ4v) is 2.59. The van der Waals surface area contributed by atoms with Crippen molar-refractivity contribution in [3.05, 3.63) is 42.0 Å². The summed E-state index contributed by atoms with van der Waals surface area (Å²) in [5, 5.41) is 11.2. The Morgan fingerprint density at radius 1 is 1.27 bits per heavy atom. The highest BCUT2D eigenvalue weighted by atomic mass is 16.4. The number of nitrogens with one attached hydrogen (secondary N) is 1. The molecule has 0 radical (unpaired) electrons. The smallest absolute Gasteiger partial charge is 0.224 e. The van der Waals surface area contributed by atoms with Crippen molar-refractivity contribution in [2.75, 3.05) is 5.32 Å². The van der Waals surface area contributed by atoms with Gasteiger partial charge in [-0.1, -0.05) is 34.6 Å². The van der Waals surface area contributed by atoms with E-state index in [0.717, 1.165) is 17.2 Å². The minimum absolute atomic E-state index is 0.0842. The average Bonchev–Trinajstić information content (AvgIpc) is 3.19. The number of aromatic nitrogens is 4. The fraction of sp³-hybridized carbons (Fsp3) is 0.474. The monoisotopic (exact) mass is 355 g/mol. The predicted molar refractivity (Wildman–Crippen MR) is 99.2 cm³/mol. The number of rotatable bonds is 5. The molecule has 3 aromatic rings. The number of pyridine rings is 1. The first kappa shape index (κ1) is 18.1. The van der Waals surface area contributed by atoms with Gasteiger partial charge in [0, 0.05) is 30.4 Å². The number of carbonyl (C=O) groups excluding carboxylic acids is 1. The lowest BCUT2D eigenvalue weighted by Crippen LogP contribution is -2.13. The lowest BCUT2D eigenvalue weighted by Gasteiger charge is -2.13. The lowest BCUT2D eigenvalue weighted by atomic mass is 9.94. The first-order chi connectivity index (χ1) is 12.2. The molecule has 1 N–H and O–H groups in total. The summed E-state index contributed by atoms with van der Waals surface area (Å²) in [7, 11) is 0. The van der Waals surface area contributed by atoms with E-state index in [1.54, 1.807) is 6.20 Å². The summed E-state index contributed by atoms with van der Waals surface area (Å²) in [6.07, 6.45) is 4.36. The number of fused-ring (bicyclic) bond motifs is 1. The van der Waals surface area contributed by atoms with Crippen molar-refractivity contribution in [2.45, 2.75) is 58.8 Å². The van der Waals surface area contributed by atoms with Crippen molar-refractivity contribution in [3.8, 4) is 0 Å². The molecule has 26 heavy (non-hydrogen) atoms. The van der Waals surface area contributed by atoms with Crippen molar-refractivity contribution in [1.82, 2.24) is 19.6 Å². The van der Waals surface area contributed by atoms with Crippen LogP contribution in [0.4, 0.5) is 5.69 Å². The molecule has 0 spiro atoms. The van der Waals surface area contributed by atoms with Gasteiger partial charge < -0.3 is 9.73 Å². The molecule has 0 aliphatic carbocycles. The summed E-state index contributed by atoms with van der Waals surface area (Å²) >= 11 is 0. The summed E-state index contributed by atoms with van der Waals surface area (Å²) in [5.74, 6) is 2.44. The molecule has 0 bridgehead atoms. The second-order valence-electron chi connectivity index (χ2n) is 7.78. The molecule has 0 atom stereocenters. The summed E-state index contributed by atoms with van der Waals surface area (Å²) in [5.41, 5.74) is 1.39. The quantitative estimate of drug-likeness (QED) is 0.754. The van der Waals surface area contributed by atoms with E-state index in [1.807, 2.05) is 22.7 Å². The highest BCUT2D eigenvalue weighted by molar-refractivity contribution is 5.90. The molecule has 7 nitrogen and oxygen atoms in total. The van der Waals surface area contributed by atoms with E-state index in [-0.39, 0.29) is 17.2 Å². The number of carbonyl (C=O) groups is 1. The summed E-state index contributed by atoms with van der Waals surface area (Å²) in [6, 6.07) is 3.67. The molecular weight excluding hydrogens is 330 g/mol. The Balaban J connectivity index is 1.64. The Hall–Kier alpha value is -2.70. The molecule has 0 saturated heterocycles. The zero-order valence-corrected chi connectivity index (χ0v) is 15.9. The third-order valence-corrected chi connectivity index (χ3v) is 4.09. The van der Waals surface area contributed by atoms with E-state index >= 15 is 0 Å². The van der Waals surface area contributed by atoms with Crippen LogP contribution in [-0.4, -0.2) is 25.5 Å². The minimum atomic E-state index is -0.0874. The number of aryl methyl sites for hydroxylation is 1. The van der Waals surface area contributed by atoms with Crippen LogP contribution in [-0.2, 0) is 16.6 Å². The van der Waals surface area contributed by atoms with Crippen LogP contribution in [0.15, 0.2) is 28.9 Å². The lowest BCUT2D eigenvalue weighted by molar-refractivity contribution is -0.116. The van der Waals surface area contributed by atoms with Gasteiger partial charge in [-0.3, -0.25) is 9.20 Å². The topological polar surface area (TPSA) is 85.3 Å². The zero-order valence-electron chi connectivity index (χ0n) is 15.9. The molecule has 0 aromatic carbocycles. The molecule has 0 aliphatic heterocycles. The van der Waals surface area contributed by atoms with Crippen molar-refractivity contribution in [2.24, 2.45) is 0 Å². The molecule has 3 rings (SSSR count). The average molecular weight is 355 g/mol. The van der Waals surface area contributed by atoms with Crippen molar-refractivity contribution in [1.29, 1.82) is 0 Å². The molecule has 7 heteroatoms. The maximum atomic E-state index is 12.3. The van der Waals surface area contributed by atoms with Gasteiger partial charge >= 0.3 is 0 Å². The highest BCUT2D eigenvalue weighted by Crippen LogP contribution is 2.23. The Labute approximate surface area is 152 Å². The molecule has 3 heterocycles. The predicted octanol–water partition coefficient (Wildman–Crippen LogP) is 3.71. The van der Waals surface area contributed by atoms with E-state index in [2.05, 4.69) is 55.1 Å². The summed E-state index contributed by atoms with van der Waals surface area (Å²) in [4.78, 5) is 16.5. The Bertz CT molecular complexity index is 918. The number of amides is 1. The second kappa shape index (κ2) is 6.90. The van der Waals surface area contributed by atoms with Gasteiger partial charge in [0.25, 0.3) is 0 Å². The van der Waals surface area contributed by atoms with Gasteiger partial charge in [0.05, 0.1) is 11.9 Å². The molecule has 1 amide bonds. The number of anilines is 1. The van der Waals surface area contributed by atoms with E-state index in [9.17, 15) is 4.79 Å². The standard InChI is InChI=1S/C19H25N5O2/c1-12(2)18-23-22-15-7-6-13(11-24(15)18)21-16(25)8-9-17-20-10-14(26-17)19(3,4)5/h6-7,10-12H,8-9H2,1-5H3,(H,21,25). The molecule has 0 unspecified atom stereocenters. The van der Waals surface area contributed by atoms with E-state index in [1.165, 1.54) is 0 Å². The molecule has 0 fully saturated rings. The number of hydrogen-bond donors (Lipinski definition) is 1. The van der Waals surface area contributed by atoms with Crippen LogP contribution >= 0.6 is 0 Å². The molecule has 0 saturated carbocycles. The number of hydrogen-bond acceptors (Lipinski definition) is 5. The van der Waals surface area contributed by atoms with Crippen LogP contribution in [0.2, 0.25) is 0 Å². The van der Waals surface area contributed by atoms with E-state index in [4.69, 9.17) is 4.42 Å². The van der Waals surface area contributed by atoms with Crippen LogP contribution < -0.4 is 5.32 Å². The fourth-order valence-electron chi connectivity index (χ4n) is 2.59. The molecule has 138 valence electrons. The second-order valence-corrected chi connectivity index (χ2v) is 7.78.